The van der Waals surface area contributed by atoms with Crippen LogP contribution in [0.25, 0.3) is 0 Å². The normalized spacial score (nSPS) is 18.6. The average Bonchev–Trinajstić information content (AvgIpc) is 2.40. The van der Waals surface area contributed by atoms with Gasteiger partial charge in [-0.05, 0) is 45.0 Å². The maximum absolute atomic E-state index is 5.86. The Balaban J connectivity index is 1.88. The Bertz CT molecular complexity index is 391. The van der Waals surface area contributed by atoms with Gasteiger partial charge in [0.2, 0.25) is 0 Å². The highest BCUT2D eigenvalue weighted by molar-refractivity contribution is 6.29. The lowest BCUT2D eigenvalue weighted by Gasteiger charge is -2.32. The second kappa shape index (κ2) is 6.25. The largest absolute Gasteiger partial charge is 0.396 e. The number of hydrogen-bond donors (Lipinski definition) is 2. The van der Waals surface area contributed by atoms with E-state index in [-0.39, 0.29) is 0 Å². The Morgan fingerprint density at radius 2 is 2.11 bits per heavy atom. The zero-order valence-electron chi connectivity index (χ0n) is 10.8. The molecule has 1 saturated heterocycles. The van der Waals surface area contributed by atoms with Crippen LogP contribution in [0.2, 0.25) is 5.15 Å². The van der Waals surface area contributed by atoms with E-state index in [9.17, 15) is 0 Å². The second-order valence-electron chi connectivity index (χ2n) is 4.90. The van der Waals surface area contributed by atoms with E-state index in [0.29, 0.717) is 22.7 Å². The van der Waals surface area contributed by atoms with Crippen molar-refractivity contribution in [2.45, 2.75) is 32.2 Å². The summed E-state index contributed by atoms with van der Waals surface area (Å²) in [5, 5.41) is 3.76. The molecule has 3 N–H and O–H groups in total. The maximum Gasteiger partial charge on any atom is 0.151 e. The fourth-order valence-electron chi connectivity index (χ4n) is 2.32. The minimum atomic E-state index is 0.470. The van der Waals surface area contributed by atoms with E-state index in [2.05, 4.69) is 22.1 Å². The Hall–Kier alpha value is -1.00. The van der Waals surface area contributed by atoms with Crippen molar-refractivity contribution in [3.05, 3.63) is 17.3 Å². The SMILES string of the molecule is CC(CNc1nc(Cl)ccc1N)N1CCCCC1. The van der Waals surface area contributed by atoms with Crippen molar-refractivity contribution in [3.63, 3.8) is 0 Å². The van der Waals surface area contributed by atoms with Gasteiger partial charge in [0.1, 0.15) is 5.15 Å². The standard InChI is InChI=1S/C13H21ClN4/c1-10(18-7-3-2-4-8-18)9-16-13-11(15)5-6-12(14)17-13/h5-6,10H,2-4,7-9,15H2,1H3,(H,16,17). The van der Waals surface area contributed by atoms with Gasteiger partial charge in [-0.15, -0.1) is 0 Å². The number of hydrogen-bond acceptors (Lipinski definition) is 4. The molecule has 0 bridgehead atoms. The van der Waals surface area contributed by atoms with Crippen molar-refractivity contribution >= 4 is 23.1 Å². The van der Waals surface area contributed by atoms with Crippen LogP contribution in [-0.2, 0) is 0 Å². The number of nitrogens with two attached hydrogens (primary N) is 1. The summed E-state index contributed by atoms with van der Waals surface area (Å²) in [4.78, 5) is 6.71. The first-order chi connectivity index (χ1) is 8.66. The number of nitrogens with one attached hydrogen (secondary N) is 1. The molecule has 1 fully saturated rings. The molecule has 0 saturated carbocycles. The zero-order valence-corrected chi connectivity index (χ0v) is 11.6. The van der Waals surface area contributed by atoms with Crippen LogP contribution in [0.5, 0.6) is 0 Å². The van der Waals surface area contributed by atoms with Crippen LogP contribution in [0.1, 0.15) is 26.2 Å². The Kier molecular flexibility index (Phi) is 4.66. The Labute approximate surface area is 114 Å². The molecule has 100 valence electrons. The molecule has 0 amide bonds. The van der Waals surface area contributed by atoms with Crippen LogP contribution in [-0.4, -0.2) is 35.6 Å². The first kappa shape index (κ1) is 13.4. The van der Waals surface area contributed by atoms with E-state index in [4.69, 9.17) is 17.3 Å². The predicted molar refractivity (Wildman–Crippen MR) is 77.0 cm³/mol. The zero-order chi connectivity index (χ0) is 13.0. The van der Waals surface area contributed by atoms with Crippen LogP contribution in [0.15, 0.2) is 12.1 Å². The fourth-order valence-corrected chi connectivity index (χ4v) is 2.47. The molecule has 2 heterocycles. The first-order valence-corrected chi connectivity index (χ1v) is 6.94. The number of halogens is 1. The molecular weight excluding hydrogens is 248 g/mol. The van der Waals surface area contributed by atoms with Gasteiger partial charge >= 0.3 is 0 Å². The number of likely N-dealkylation sites (tertiary alicyclic amines) is 1. The van der Waals surface area contributed by atoms with Crippen LogP contribution in [0.4, 0.5) is 11.5 Å². The molecule has 0 aliphatic carbocycles. The van der Waals surface area contributed by atoms with Crippen LogP contribution >= 0.6 is 11.6 Å². The summed E-state index contributed by atoms with van der Waals surface area (Å²) in [7, 11) is 0. The molecule has 1 aromatic rings. The minimum absolute atomic E-state index is 0.470. The van der Waals surface area contributed by atoms with Crippen molar-refractivity contribution in [3.8, 4) is 0 Å². The summed E-state index contributed by atoms with van der Waals surface area (Å²) in [6, 6.07) is 3.98. The number of nitrogens with zero attached hydrogens (tertiary/aromatic N) is 2. The van der Waals surface area contributed by atoms with Crippen molar-refractivity contribution in [2.75, 3.05) is 30.7 Å². The second-order valence-corrected chi connectivity index (χ2v) is 5.29. The lowest BCUT2D eigenvalue weighted by molar-refractivity contribution is 0.180. The third-order valence-electron chi connectivity index (χ3n) is 3.47. The highest BCUT2D eigenvalue weighted by Gasteiger charge is 2.16. The van der Waals surface area contributed by atoms with E-state index in [1.165, 1.54) is 32.4 Å². The van der Waals surface area contributed by atoms with Crippen LogP contribution < -0.4 is 11.1 Å². The highest BCUT2D eigenvalue weighted by atomic mass is 35.5. The number of aromatic nitrogens is 1. The van der Waals surface area contributed by atoms with E-state index in [0.717, 1.165) is 6.54 Å². The number of nitrogen functional groups attached to an aromatic ring is 1. The summed E-state index contributed by atoms with van der Waals surface area (Å²) in [5.41, 5.74) is 6.50. The van der Waals surface area contributed by atoms with Gasteiger partial charge in [0.15, 0.2) is 5.82 Å². The molecular formula is C13H21ClN4. The number of rotatable bonds is 4. The van der Waals surface area contributed by atoms with Gasteiger partial charge in [-0.2, -0.15) is 0 Å². The first-order valence-electron chi connectivity index (χ1n) is 6.57. The molecule has 5 heteroatoms. The summed E-state index contributed by atoms with van der Waals surface area (Å²) >= 11 is 5.86. The molecule has 0 aromatic carbocycles. The summed E-state index contributed by atoms with van der Waals surface area (Å²) in [6.07, 6.45) is 3.98. The van der Waals surface area contributed by atoms with Gasteiger partial charge < -0.3 is 11.1 Å². The van der Waals surface area contributed by atoms with Gasteiger partial charge in [0.05, 0.1) is 5.69 Å². The number of pyridine rings is 1. The lowest BCUT2D eigenvalue weighted by atomic mass is 10.1. The van der Waals surface area contributed by atoms with Crippen molar-refractivity contribution in [2.24, 2.45) is 0 Å². The van der Waals surface area contributed by atoms with Crippen molar-refractivity contribution < 1.29 is 0 Å². The molecule has 18 heavy (non-hydrogen) atoms. The third-order valence-corrected chi connectivity index (χ3v) is 3.68. The smallest absolute Gasteiger partial charge is 0.151 e. The molecule has 1 aliphatic heterocycles. The van der Waals surface area contributed by atoms with E-state index >= 15 is 0 Å². The maximum atomic E-state index is 5.86. The molecule has 1 aromatic heterocycles. The average molecular weight is 269 g/mol. The molecule has 1 unspecified atom stereocenters. The monoisotopic (exact) mass is 268 g/mol. The molecule has 1 aliphatic rings. The van der Waals surface area contributed by atoms with Gasteiger partial charge in [-0.1, -0.05) is 18.0 Å². The summed E-state index contributed by atoms with van der Waals surface area (Å²) in [6.45, 7) is 5.47. The molecule has 2 rings (SSSR count). The summed E-state index contributed by atoms with van der Waals surface area (Å²) in [5.74, 6) is 0.686. The Morgan fingerprint density at radius 3 is 2.83 bits per heavy atom. The third kappa shape index (κ3) is 3.50. The number of anilines is 2. The van der Waals surface area contributed by atoms with Gasteiger partial charge in [0, 0.05) is 12.6 Å². The lowest BCUT2D eigenvalue weighted by Crippen LogP contribution is -2.41. The van der Waals surface area contributed by atoms with E-state index < -0.39 is 0 Å². The topological polar surface area (TPSA) is 54.2 Å². The fraction of sp³-hybridized carbons (Fsp3) is 0.615. The minimum Gasteiger partial charge on any atom is -0.396 e. The van der Waals surface area contributed by atoms with Crippen molar-refractivity contribution in [1.29, 1.82) is 0 Å². The molecule has 0 spiro atoms. The molecule has 0 radical (unpaired) electrons. The molecule has 1 atom stereocenters. The number of piperidine rings is 1. The quantitative estimate of drug-likeness (QED) is 0.825. The predicted octanol–water partition coefficient (Wildman–Crippen LogP) is 2.60. The van der Waals surface area contributed by atoms with Gasteiger partial charge in [-0.25, -0.2) is 4.98 Å². The van der Waals surface area contributed by atoms with Crippen LogP contribution in [0, 0.1) is 0 Å². The van der Waals surface area contributed by atoms with Gasteiger partial charge in [0.25, 0.3) is 0 Å². The van der Waals surface area contributed by atoms with Gasteiger partial charge in [-0.3, -0.25) is 4.90 Å². The van der Waals surface area contributed by atoms with E-state index in [1.54, 1.807) is 12.1 Å². The summed E-state index contributed by atoms with van der Waals surface area (Å²) < 4.78 is 0. The van der Waals surface area contributed by atoms with Crippen molar-refractivity contribution in [1.82, 2.24) is 9.88 Å². The highest BCUT2D eigenvalue weighted by Crippen LogP contribution is 2.19. The van der Waals surface area contributed by atoms with Crippen LogP contribution in [0.3, 0.4) is 0 Å². The Morgan fingerprint density at radius 1 is 1.39 bits per heavy atom. The molecule has 4 nitrogen and oxygen atoms in total. The van der Waals surface area contributed by atoms with E-state index in [1.807, 2.05) is 0 Å².